The third-order valence-corrected chi connectivity index (χ3v) is 27.0. The Balaban J connectivity index is 2.42. The lowest BCUT2D eigenvalue weighted by molar-refractivity contribution is -0.0786. The second-order valence-corrected chi connectivity index (χ2v) is 37.5. The number of halogens is 2. The molecule has 0 aromatic heterocycles. The summed E-state index contributed by atoms with van der Waals surface area (Å²) in [4.78, 5) is 0. The second kappa shape index (κ2) is 20.9. The van der Waals surface area contributed by atoms with E-state index >= 15 is 0 Å². The largest absolute Gasteiger partial charge is 0.497 e. The van der Waals surface area contributed by atoms with Crippen molar-refractivity contribution >= 4 is 56.8 Å². The predicted octanol–water partition coefficient (Wildman–Crippen LogP) is 14.1. The smallest absolute Gasteiger partial charge is 0.192 e. The molecule has 1 aliphatic rings. The quantitative estimate of drug-likeness (QED) is 0.121. The summed E-state index contributed by atoms with van der Waals surface area (Å²) in [5.41, 5.74) is 1.12. The Bertz CT molecular complexity index is 1280. The fourth-order valence-corrected chi connectivity index (χ4v) is 10.8. The Kier molecular flexibility index (Phi) is 19.5. The van der Waals surface area contributed by atoms with Crippen molar-refractivity contribution in [2.45, 2.75) is 206 Å². The van der Waals surface area contributed by atoms with Gasteiger partial charge in [-0.25, -0.2) is 0 Å². The normalized spacial score (nSPS) is 20.3. The maximum atomic E-state index is 7.40. The minimum atomic E-state index is -2.16. The van der Waals surface area contributed by atoms with Gasteiger partial charge in [0.1, 0.15) is 5.75 Å². The van der Waals surface area contributed by atoms with E-state index in [4.69, 9.17) is 27.5 Å². The molecular weight excluding hydrogens is 857 g/mol. The van der Waals surface area contributed by atoms with Crippen LogP contribution in [0.1, 0.15) is 120 Å². The molecule has 1 heterocycles. The van der Waals surface area contributed by atoms with Gasteiger partial charge in [0.05, 0.1) is 35.4 Å². The number of ether oxygens (including phenoxy) is 3. The zero-order chi connectivity index (χ0) is 41.3. The summed E-state index contributed by atoms with van der Waals surface area (Å²) in [5.74, 6) is 0.983. The first-order chi connectivity index (χ1) is 24.6. The summed E-state index contributed by atoms with van der Waals surface area (Å²) >= 11 is 7.26. The second-order valence-electron chi connectivity index (χ2n) is 20.4. The molecule has 0 unspecified atom stereocenters. The van der Waals surface area contributed by atoms with Crippen LogP contribution < -0.4 is 4.74 Å². The van der Waals surface area contributed by atoms with Crippen LogP contribution in [0.2, 0.25) is 54.4 Å². The lowest BCUT2D eigenvalue weighted by atomic mass is 9.93. The van der Waals surface area contributed by atoms with E-state index < -0.39 is 25.0 Å². The zero-order valence-corrected chi connectivity index (χ0v) is 43.6. The van der Waals surface area contributed by atoms with Gasteiger partial charge in [-0.15, -0.1) is 0 Å². The average Bonchev–Trinajstić information content (AvgIpc) is 3.01. The van der Waals surface area contributed by atoms with Crippen LogP contribution in [0.25, 0.3) is 0 Å². The van der Waals surface area contributed by atoms with E-state index in [1.807, 2.05) is 12.1 Å². The third-order valence-electron chi connectivity index (χ3n) is 12.8. The summed E-state index contributed by atoms with van der Waals surface area (Å²) in [6, 6.07) is 8.16. The van der Waals surface area contributed by atoms with Gasteiger partial charge >= 0.3 is 0 Å². The third kappa shape index (κ3) is 16.4. The molecule has 0 saturated carbocycles. The van der Waals surface area contributed by atoms with Crippen molar-refractivity contribution in [1.29, 1.82) is 0 Å². The van der Waals surface area contributed by atoms with Crippen molar-refractivity contribution in [3.05, 3.63) is 39.3 Å². The molecule has 1 aromatic rings. The van der Waals surface area contributed by atoms with Gasteiger partial charge in [-0.3, -0.25) is 0 Å². The number of hydrogen-bond donors (Lipinski definition) is 0. The first kappa shape index (κ1) is 50.3. The van der Waals surface area contributed by atoms with Crippen molar-refractivity contribution in [2.24, 2.45) is 5.92 Å². The van der Waals surface area contributed by atoms with Crippen LogP contribution >= 0.6 is 31.9 Å². The Morgan fingerprint density at radius 3 is 1.80 bits per heavy atom. The summed E-state index contributed by atoms with van der Waals surface area (Å²) in [6.07, 6.45) is 9.25. The lowest BCUT2D eigenvalue weighted by Crippen LogP contribution is -2.49. The highest BCUT2D eigenvalue weighted by molar-refractivity contribution is 9.28. The molecule has 2 rings (SSSR count). The number of benzene rings is 1. The highest BCUT2D eigenvalue weighted by Gasteiger charge is 2.44. The van der Waals surface area contributed by atoms with Gasteiger partial charge in [0, 0.05) is 24.7 Å². The molecule has 6 nitrogen and oxygen atoms in total. The molecule has 54 heavy (non-hydrogen) atoms. The van der Waals surface area contributed by atoms with Crippen molar-refractivity contribution in [3.63, 3.8) is 0 Å². The molecule has 1 fully saturated rings. The van der Waals surface area contributed by atoms with Crippen molar-refractivity contribution in [2.75, 3.05) is 13.7 Å². The van der Waals surface area contributed by atoms with Crippen molar-refractivity contribution in [1.82, 2.24) is 0 Å². The van der Waals surface area contributed by atoms with Gasteiger partial charge in [0.25, 0.3) is 0 Å². The number of rotatable bonds is 20. The molecule has 0 bridgehead atoms. The van der Waals surface area contributed by atoms with Crippen molar-refractivity contribution < 1.29 is 27.5 Å². The van der Waals surface area contributed by atoms with Crippen LogP contribution in [-0.2, 0) is 29.4 Å². The molecule has 1 saturated heterocycles. The van der Waals surface area contributed by atoms with Crippen LogP contribution in [0.5, 0.6) is 5.75 Å². The van der Waals surface area contributed by atoms with E-state index in [1.54, 1.807) is 7.11 Å². The zero-order valence-electron chi connectivity index (χ0n) is 37.4. The highest BCUT2D eigenvalue weighted by atomic mass is 79.9. The van der Waals surface area contributed by atoms with Gasteiger partial charge in [-0.1, -0.05) is 87.4 Å². The molecule has 0 spiro atoms. The topological polar surface area (TPSA) is 55.4 Å². The fourth-order valence-electron chi connectivity index (χ4n) is 6.11. The van der Waals surface area contributed by atoms with E-state index in [-0.39, 0.29) is 51.6 Å². The molecule has 1 aromatic carbocycles. The van der Waals surface area contributed by atoms with E-state index in [0.717, 1.165) is 59.8 Å². The van der Waals surface area contributed by atoms with Crippen LogP contribution in [-0.4, -0.2) is 69.2 Å². The van der Waals surface area contributed by atoms with E-state index in [2.05, 4.69) is 159 Å². The highest BCUT2D eigenvalue weighted by Crippen LogP contribution is 2.42. The van der Waals surface area contributed by atoms with Gasteiger partial charge in [-0.05, 0) is 149 Å². The first-order valence-electron chi connectivity index (χ1n) is 20.5. The van der Waals surface area contributed by atoms with Gasteiger partial charge in [0.2, 0.25) is 0 Å². The van der Waals surface area contributed by atoms with E-state index in [1.165, 1.54) is 6.42 Å². The van der Waals surface area contributed by atoms with Crippen LogP contribution in [0.4, 0.5) is 0 Å². The Hall–Kier alpha value is 0.171. The SMILES string of the molecule is COc1ccc(CO[C@H](C[C@H](C[C@@H](C[C@@H]2CCC[C@H](CCO[Si](C)(C)C(C)(C)C)O2)O[Si](C)(C)C(C)(C)C)O[Si](C)(C)C(C)(C)C)[C@@H](C)C=C(Br)Br)cc1. The van der Waals surface area contributed by atoms with Gasteiger partial charge in [0.15, 0.2) is 25.0 Å². The molecule has 6 atom stereocenters. The molecule has 314 valence electrons. The number of hydrogen-bond acceptors (Lipinski definition) is 6. The summed E-state index contributed by atoms with van der Waals surface area (Å²) in [6.45, 7) is 38.6. The molecule has 0 radical (unpaired) electrons. The monoisotopic (exact) mass is 934 g/mol. The Labute approximate surface area is 352 Å². The molecule has 11 heteroatoms. The average molecular weight is 937 g/mol. The van der Waals surface area contributed by atoms with Crippen LogP contribution in [0, 0.1) is 5.92 Å². The first-order valence-corrected chi connectivity index (χ1v) is 30.8. The van der Waals surface area contributed by atoms with Crippen molar-refractivity contribution in [3.8, 4) is 5.75 Å². The maximum absolute atomic E-state index is 7.40. The summed E-state index contributed by atoms with van der Waals surface area (Å²) in [7, 11) is -4.38. The lowest BCUT2D eigenvalue weighted by Gasteiger charge is -2.44. The summed E-state index contributed by atoms with van der Waals surface area (Å²) < 4.78 is 41.4. The van der Waals surface area contributed by atoms with E-state index in [9.17, 15) is 0 Å². The molecule has 0 aliphatic carbocycles. The molecule has 0 amide bonds. The maximum Gasteiger partial charge on any atom is 0.192 e. The minimum absolute atomic E-state index is 0.0175. The minimum Gasteiger partial charge on any atom is -0.497 e. The van der Waals surface area contributed by atoms with Crippen LogP contribution in [0.15, 0.2) is 33.7 Å². The van der Waals surface area contributed by atoms with E-state index in [0.29, 0.717) is 6.61 Å². The summed E-state index contributed by atoms with van der Waals surface area (Å²) in [5, 5.41) is 0.361. The fraction of sp³-hybridized carbons (Fsp3) is 0.814. The molecular formula is C43H80Br2O6Si3. The van der Waals surface area contributed by atoms with Crippen LogP contribution in [0.3, 0.4) is 0 Å². The predicted molar refractivity (Wildman–Crippen MR) is 245 cm³/mol. The van der Waals surface area contributed by atoms with Gasteiger partial charge < -0.3 is 27.5 Å². The Morgan fingerprint density at radius 1 is 0.778 bits per heavy atom. The Morgan fingerprint density at radius 2 is 1.30 bits per heavy atom. The standard InChI is InChI=1S/C43H80Br2O6Si3/c1-32(27-40(44)45)39(47-31-33-21-23-34(46-11)24-22-33)30-38(51-54(16,17)43(8,9)10)29-37(50-53(14,15)42(5,6)7)28-36-20-18-19-35(49-36)25-26-48-52(12,13)41(2,3)4/h21-24,27,32,35-39H,18-20,25-26,28-31H2,1-17H3/t32-,35+,36-,37+,38-,39+/m0/s1. The molecule has 0 N–H and O–H groups in total. The molecule has 1 aliphatic heterocycles. The van der Waals surface area contributed by atoms with Gasteiger partial charge in [-0.2, -0.15) is 0 Å². The number of methoxy groups -OCH3 is 1.